The molecule has 4 nitrogen and oxygen atoms in total. The standard InChI is InChI=1S/C17H15ClN2O2/c1-11-10-14(18)8-9-15(11)21-12(2)17-19-16(20-22-17)13-6-4-3-5-7-13/h3-10,12H,1-2H3. The van der Waals surface area contributed by atoms with E-state index in [1.165, 1.54) is 0 Å². The Hall–Kier alpha value is -2.33. The first kappa shape index (κ1) is 14.6. The molecule has 0 spiro atoms. The molecule has 0 N–H and O–H groups in total. The predicted molar refractivity (Wildman–Crippen MR) is 85.0 cm³/mol. The summed E-state index contributed by atoms with van der Waals surface area (Å²) in [7, 11) is 0. The molecule has 0 aliphatic rings. The van der Waals surface area contributed by atoms with Crippen molar-refractivity contribution in [1.29, 1.82) is 0 Å². The minimum Gasteiger partial charge on any atom is -0.481 e. The topological polar surface area (TPSA) is 48.2 Å². The van der Waals surface area contributed by atoms with Crippen molar-refractivity contribution in [2.45, 2.75) is 20.0 Å². The van der Waals surface area contributed by atoms with E-state index < -0.39 is 0 Å². The summed E-state index contributed by atoms with van der Waals surface area (Å²) in [5.41, 5.74) is 1.87. The van der Waals surface area contributed by atoms with E-state index in [9.17, 15) is 0 Å². The van der Waals surface area contributed by atoms with E-state index in [2.05, 4.69) is 10.1 Å². The highest BCUT2D eigenvalue weighted by atomic mass is 35.5. The average molecular weight is 315 g/mol. The van der Waals surface area contributed by atoms with E-state index in [0.717, 1.165) is 16.9 Å². The molecule has 1 unspecified atom stereocenters. The van der Waals surface area contributed by atoms with Gasteiger partial charge in [-0.05, 0) is 37.6 Å². The second-order valence-electron chi connectivity index (χ2n) is 4.99. The summed E-state index contributed by atoms with van der Waals surface area (Å²) in [5.74, 6) is 1.74. The maximum absolute atomic E-state index is 5.95. The van der Waals surface area contributed by atoms with Crippen molar-refractivity contribution < 1.29 is 9.26 Å². The van der Waals surface area contributed by atoms with Crippen LogP contribution in [0.15, 0.2) is 53.1 Å². The van der Waals surface area contributed by atoms with Crippen molar-refractivity contribution in [3.8, 4) is 17.1 Å². The summed E-state index contributed by atoms with van der Waals surface area (Å²) < 4.78 is 11.2. The van der Waals surface area contributed by atoms with Crippen molar-refractivity contribution in [3.05, 3.63) is 65.0 Å². The molecule has 0 aliphatic heterocycles. The van der Waals surface area contributed by atoms with E-state index in [-0.39, 0.29) is 6.10 Å². The highest BCUT2D eigenvalue weighted by molar-refractivity contribution is 6.30. The fourth-order valence-electron chi connectivity index (χ4n) is 2.09. The second kappa shape index (κ2) is 6.20. The maximum atomic E-state index is 5.95. The minimum absolute atomic E-state index is 0.343. The smallest absolute Gasteiger partial charge is 0.267 e. The van der Waals surface area contributed by atoms with Gasteiger partial charge < -0.3 is 9.26 Å². The molecule has 3 aromatic rings. The van der Waals surface area contributed by atoms with Crippen molar-refractivity contribution in [2.24, 2.45) is 0 Å². The molecule has 1 atom stereocenters. The molecule has 0 amide bonds. The van der Waals surface area contributed by atoms with Gasteiger partial charge in [0.2, 0.25) is 5.82 Å². The number of hydrogen-bond donors (Lipinski definition) is 0. The third-order valence-electron chi connectivity index (χ3n) is 3.26. The SMILES string of the molecule is Cc1cc(Cl)ccc1OC(C)c1nc(-c2ccccc2)no1. The maximum Gasteiger partial charge on any atom is 0.267 e. The second-order valence-corrected chi connectivity index (χ2v) is 5.43. The number of hydrogen-bond acceptors (Lipinski definition) is 4. The molecule has 1 aromatic heterocycles. The number of benzene rings is 2. The zero-order valence-electron chi connectivity index (χ0n) is 12.3. The predicted octanol–water partition coefficient (Wildman–Crippen LogP) is 4.84. The van der Waals surface area contributed by atoms with Gasteiger partial charge in [-0.15, -0.1) is 0 Å². The lowest BCUT2D eigenvalue weighted by Gasteiger charge is -2.13. The Balaban J connectivity index is 1.78. The van der Waals surface area contributed by atoms with Crippen LogP contribution in [-0.4, -0.2) is 10.1 Å². The Morgan fingerprint density at radius 3 is 2.64 bits per heavy atom. The molecule has 3 rings (SSSR count). The highest BCUT2D eigenvalue weighted by Gasteiger charge is 2.17. The molecule has 5 heteroatoms. The lowest BCUT2D eigenvalue weighted by Crippen LogP contribution is -2.04. The molecule has 2 aromatic carbocycles. The third kappa shape index (κ3) is 3.12. The van der Waals surface area contributed by atoms with Gasteiger partial charge in [0.25, 0.3) is 5.89 Å². The van der Waals surface area contributed by atoms with Gasteiger partial charge in [-0.2, -0.15) is 4.98 Å². The molecule has 0 radical (unpaired) electrons. The largest absolute Gasteiger partial charge is 0.481 e. The zero-order valence-corrected chi connectivity index (χ0v) is 13.0. The van der Waals surface area contributed by atoms with Gasteiger partial charge in [-0.1, -0.05) is 47.1 Å². The summed E-state index contributed by atoms with van der Waals surface area (Å²) in [6.45, 7) is 3.81. The Morgan fingerprint density at radius 2 is 1.91 bits per heavy atom. The first-order valence-electron chi connectivity index (χ1n) is 6.95. The summed E-state index contributed by atoms with van der Waals surface area (Å²) in [6.07, 6.45) is -0.343. The van der Waals surface area contributed by atoms with Crippen LogP contribution in [0.1, 0.15) is 24.5 Å². The third-order valence-corrected chi connectivity index (χ3v) is 3.50. The van der Waals surface area contributed by atoms with Gasteiger partial charge in [0.1, 0.15) is 5.75 Å². The normalized spacial score (nSPS) is 12.1. The van der Waals surface area contributed by atoms with E-state index in [4.69, 9.17) is 20.9 Å². The molecule has 0 bridgehead atoms. The molecule has 0 saturated heterocycles. The fraction of sp³-hybridized carbons (Fsp3) is 0.176. The van der Waals surface area contributed by atoms with Crippen LogP contribution in [0.25, 0.3) is 11.4 Å². The zero-order chi connectivity index (χ0) is 15.5. The van der Waals surface area contributed by atoms with Crippen LogP contribution in [0, 0.1) is 6.92 Å². The highest BCUT2D eigenvalue weighted by Crippen LogP contribution is 2.27. The molecular formula is C17H15ClN2O2. The summed E-state index contributed by atoms with van der Waals surface area (Å²) >= 11 is 5.95. The number of aromatic nitrogens is 2. The monoisotopic (exact) mass is 314 g/mol. The van der Waals surface area contributed by atoms with Crippen LogP contribution in [0.4, 0.5) is 0 Å². The lowest BCUT2D eigenvalue weighted by atomic mass is 10.2. The van der Waals surface area contributed by atoms with E-state index in [1.54, 1.807) is 6.07 Å². The van der Waals surface area contributed by atoms with Gasteiger partial charge in [0, 0.05) is 10.6 Å². The van der Waals surface area contributed by atoms with Gasteiger partial charge in [0.15, 0.2) is 6.10 Å². The summed E-state index contributed by atoms with van der Waals surface area (Å²) in [4.78, 5) is 4.39. The Bertz CT molecular complexity index is 771. The molecule has 0 fully saturated rings. The van der Waals surface area contributed by atoms with E-state index in [0.29, 0.717) is 16.7 Å². The van der Waals surface area contributed by atoms with Crippen molar-refractivity contribution in [1.82, 2.24) is 10.1 Å². The van der Waals surface area contributed by atoms with Gasteiger partial charge >= 0.3 is 0 Å². The quantitative estimate of drug-likeness (QED) is 0.691. The first-order chi connectivity index (χ1) is 10.6. The van der Waals surface area contributed by atoms with E-state index in [1.807, 2.05) is 56.3 Å². The van der Waals surface area contributed by atoms with Crippen LogP contribution < -0.4 is 4.74 Å². The number of rotatable bonds is 4. The van der Waals surface area contributed by atoms with Gasteiger partial charge in [-0.3, -0.25) is 0 Å². The Kier molecular flexibility index (Phi) is 4.11. The number of ether oxygens (including phenoxy) is 1. The lowest BCUT2D eigenvalue weighted by molar-refractivity contribution is 0.175. The number of nitrogens with zero attached hydrogens (tertiary/aromatic N) is 2. The Labute approximate surface area is 133 Å². The molecule has 0 saturated carbocycles. The number of halogens is 1. The molecule has 112 valence electrons. The van der Waals surface area contributed by atoms with Gasteiger partial charge in [-0.25, -0.2) is 0 Å². The molecule has 0 aliphatic carbocycles. The number of aryl methyl sites for hydroxylation is 1. The fourth-order valence-corrected chi connectivity index (χ4v) is 2.32. The summed E-state index contributed by atoms with van der Waals surface area (Å²) in [5, 5.41) is 4.68. The van der Waals surface area contributed by atoms with Crippen LogP contribution in [0.3, 0.4) is 0 Å². The Morgan fingerprint density at radius 1 is 1.14 bits per heavy atom. The van der Waals surface area contributed by atoms with Crippen LogP contribution in [0.5, 0.6) is 5.75 Å². The first-order valence-corrected chi connectivity index (χ1v) is 7.33. The van der Waals surface area contributed by atoms with Crippen molar-refractivity contribution in [3.63, 3.8) is 0 Å². The van der Waals surface area contributed by atoms with E-state index >= 15 is 0 Å². The van der Waals surface area contributed by atoms with Crippen molar-refractivity contribution in [2.75, 3.05) is 0 Å². The molecule has 22 heavy (non-hydrogen) atoms. The van der Waals surface area contributed by atoms with Crippen LogP contribution >= 0.6 is 11.6 Å². The average Bonchev–Trinajstić information content (AvgIpc) is 3.01. The van der Waals surface area contributed by atoms with Crippen LogP contribution in [0.2, 0.25) is 5.02 Å². The minimum atomic E-state index is -0.343. The molecular weight excluding hydrogens is 300 g/mol. The van der Waals surface area contributed by atoms with Crippen LogP contribution in [-0.2, 0) is 0 Å². The van der Waals surface area contributed by atoms with Crippen molar-refractivity contribution >= 4 is 11.6 Å². The van der Waals surface area contributed by atoms with Gasteiger partial charge in [0.05, 0.1) is 0 Å². The summed E-state index contributed by atoms with van der Waals surface area (Å²) in [6, 6.07) is 15.2. The molecule has 1 heterocycles.